The van der Waals surface area contributed by atoms with E-state index in [2.05, 4.69) is 20.4 Å². The highest BCUT2D eigenvalue weighted by Gasteiger charge is 2.27. The van der Waals surface area contributed by atoms with Crippen molar-refractivity contribution in [3.63, 3.8) is 0 Å². The normalized spacial score (nSPS) is 14.4. The summed E-state index contributed by atoms with van der Waals surface area (Å²) in [6.07, 6.45) is 7.99. The van der Waals surface area contributed by atoms with E-state index < -0.39 is 8.32 Å². The van der Waals surface area contributed by atoms with Crippen LogP contribution in [0.5, 0.6) is 0 Å². The summed E-state index contributed by atoms with van der Waals surface area (Å²) in [6, 6.07) is 1.15. The number of hydrogen-bond acceptors (Lipinski definition) is 3. The molecule has 0 aliphatic carbocycles. The van der Waals surface area contributed by atoms with Gasteiger partial charge in [0.15, 0.2) is 13.4 Å². The van der Waals surface area contributed by atoms with Gasteiger partial charge in [0.05, 0.1) is 0 Å². The van der Waals surface area contributed by atoms with Gasteiger partial charge in [0.1, 0.15) is 0 Å². The van der Waals surface area contributed by atoms with Gasteiger partial charge in [0.25, 0.3) is 0 Å². The van der Waals surface area contributed by atoms with Gasteiger partial charge in [-0.1, -0.05) is 57.7 Å². The Morgan fingerprint density at radius 1 is 1.11 bits per heavy atom. The van der Waals surface area contributed by atoms with Crippen LogP contribution >= 0.6 is 11.8 Å². The predicted octanol–water partition coefficient (Wildman–Crippen LogP) is 4.78. The third-order valence-corrected chi connectivity index (χ3v) is 9.38. The minimum absolute atomic E-state index is 0.360. The van der Waals surface area contributed by atoms with Crippen LogP contribution in [0.25, 0.3) is 0 Å². The van der Waals surface area contributed by atoms with Crippen molar-refractivity contribution in [2.45, 2.75) is 71.4 Å². The molecule has 1 unspecified atom stereocenters. The zero-order valence-electron chi connectivity index (χ0n) is 12.6. The molecule has 0 saturated carbocycles. The first kappa shape index (κ1) is 18.2. The van der Waals surface area contributed by atoms with Crippen molar-refractivity contribution in [3.8, 4) is 0 Å². The van der Waals surface area contributed by atoms with E-state index in [0.29, 0.717) is 5.12 Å². The van der Waals surface area contributed by atoms with Gasteiger partial charge in [-0.05, 0) is 19.0 Å². The van der Waals surface area contributed by atoms with Crippen LogP contribution in [0.3, 0.4) is 0 Å². The third kappa shape index (κ3) is 9.17. The molecule has 0 heterocycles. The van der Waals surface area contributed by atoms with Gasteiger partial charge in [-0.3, -0.25) is 4.79 Å². The fourth-order valence-corrected chi connectivity index (χ4v) is 6.40. The first-order chi connectivity index (χ1) is 8.58. The van der Waals surface area contributed by atoms with E-state index >= 15 is 0 Å². The van der Waals surface area contributed by atoms with Gasteiger partial charge in [-0.2, -0.15) is 0 Å². The summed E-state index contributed by atoms with van der Waals surface area (Å²) in [4.78, 5) is 11.8. The molecule has 0 N–H and O–H groups in total. The lowest BCUT2D eigenvalue weighted by atomic mass is 10.1. The summed E-state index contributed by atoms with van der Waals surface area (Å²) >= 11 is 1.51. The molecule has 0 aromatic heterocycles. The highest BCUT2D eigenvalue weighted by atomic mass is 32.2. The summed E-state index contributed by atoms with van der Waals surface area (Å²) in [5.41, 5.74) is 0. The average Bonchev–Trinajstić information content (AvgIpc) is 2.36. The number of carbonyl (C=O) groups excluding carboxylic acids is 1. The highest BCUT2D eigenvalue weighted by Crippen LogP contribution is 2.21. The van der Waals surface area contributed by atoms with Crippen molar-refractivity contribution in [1.29, 1.82) is 0 Å². The maximum Gasteiger partial charge on any atom is 0.199 e. The maximum absolute atomic E-state index is 11.8. The van der Waals surface area contributed by atoms with Crippen LogP contribution in [0.15, 0.2) is 0 Å². The van der Waals surface area contributed by atoms with Gasteiger partial charge in [-0.25, -0.2) is 0 Å². The molecule has 0 rings (SSSR count). The van der Waals surface area contributed by atoms with E-state index in [0.717, 1.165) is 30.7 Å². The summed E-state index contributed by atoms with van der Waals surface area (Å²) in [5.74, 6) is 0. The Hall–Kier alpha value is 0.197. The fraction of sp³-hybridized carbons (Fsp3) is 0.929. The second-order valence-electron chi connectivity index (χ2n) is 5.23. The Morgan fingerprint density at radius 3 is 2.33 bits per heavy atom. The minimum Gasteiger partial charge on any atom is -0.419 e. The Bertz CT molecular complexity index is 224. The van der Waals surface area contributed by atoms with E-state index in [4.69, 9.17) is 4.43 Å². The van der Waals surface area contributed by atoms with Crippen LogP contribution in [0, 0.1) is 0 Å². The van der Waals surface area contributed by atoms with Crippen molar-refractivity contribution in [2.75, 3.05) is 12.5 Å². The van der Waals surface area contributed by atoms with E-state index in [1.807, 2.05) is 0 Å². The van der Waals surface area contributed by atoms with Crippen LogP contribution in [-0.4, -0.2) is 25.9 Å². The third-order valence-electron chi connectivity index (χ3n) is 3.29. The number of thioether (sulfide) groups is 1. The maximum atomic E-state index is 11.8. The summed E-state index contributed by atoms with van der Waals surface area (Å²) < 4.78 is 5.65. The molecule has 0 saturated heterocycles. The second-order valence-corrected chi connectivity index (χ2v) is 10.9. The van der Waals surface area contributed by atoms with Gasteiger partial charge in [-0.15, -0.1) is 0 Å². The molecule has 108 valence electrons. The minimum atomic E-state index is -1.60. The van der Waals surface area contributed by atoms with E-state index in [9.17, 15) is 4.79 Å². The van der Waals surface area contributed by atoms with Crippen molar-refractivity contribution >= 4 is 25.2 Å². The lowest BCUT2D eigenvalue weighted by Crippen LogP contribution is -2.37. The molecule has 0 bridgehead atoms. The first-order valence-corrected chi connectivity index (χ1v) is 11.1. The fourth-order valence-electron chi connectivity index (χ4n) is 1.94. The molecular weight excluding hydrogens is 260 g/mol. The van der Waals surface area contributed by atoms with Crippen LogP contribution < -0.4 is 0 Å². The zero-order valence-corrected chi connectivity index (χ0v) is 14.4. The van der Waals surface area contributed by atoms with Crippen LogP contribution in [0.2, 0.25) is 12.6 Å². The molecule has 4 heteroatoms. The highest BCUT2D eigenvalue weighted by molar-refractivity contribution is 8.14. The van der Waals surface area contributed by atoms with E-state index in [1.54, 1.807) is 7.11 Å². The smallest absolute Gasteiger partial charge is 0.199 e. The number of rotatable bonds is 11. The Balaban J connectivity index is 3.68. The molecule has 0 aliphatic heterocycles. The van der Waals surface area contributed by atoms with E-state index in [-0.39, 0.29) is 0 Å². The Morgan fingerprint density at radius 2 is 1.78 bits per heavy atom. The zero-order chi connectivity index (χ0) is 13.9. The van der Waals surface area contributed by atoms with E-state index in [1.165, 1.54) is 37.4 Å². The summed E-state index contributed by atoms with van der Waals surface area (Å²) in [6.45, 7) is 6.63. The molecule has 0 aromatic rings. The average molecular weight is 291 g/mol. The predicted molar refractivity (Wildman–Crippen MR) is 84.6 cm³/mol. The molecule has 2 nitrogen and oxygen atoms in total. The monoisotopic (exact) mass is 290 g/mol. The molecule has 0 fully saturated rings. The SMILES string of the molecule is CCCCCCCC(=O)SC[Si](C)(CCC)OC. The molecule has 1 atom stereocenters. The molecule has 0 aromatic carbocycles. The molecule has 18 heavy (non-hydrogen) atoms. The molecular formula is C14H30O2SSi. The molecule has 0 spiro atoms. The molecule has 0 radical (unpaired) electrons. The molecule has 0 aliphatic rings. The van der Waals surface area contributed by atoms with Crippen LogP contribution in [-0.2, 0) is 9.22 Å². The standard InChI is InChI=1S/C14H30O2SSi/c1-5-7-8-9-10-11-14(15)17-13-18(4,16-3)12-6-2/h5-13H2,1-4H3. The van der Waals surface area contributed by atoms with Crippen molar-refractivity contribution in [3.05, 3.63) is 0 Å². The van der Waals surface area contributed by atoms with Crippen molar-refractivity contribution < 1.29 is 9.22 Å². The Labute approximate surface area is 118 Å². The number of hydrogen-bond donors (Lipinski definition) is 0. The topological polar surface area (TPSA) is 26.3 Å². The van der Waals surface area contributed by atoms with Gasteiger partial charge in [0, 0.05) is 18.9 Å². The van der Waals surface area contributed by atoms with Gasteiger partial charge >= 0.3 is 0 Å². The first-order valence-electron chi connectivity index (χ1n) is 7.28. The molecule has 0 amide bonds. The lowest BCUT2D eigenvalue weighted by Gasteiger charge is -2.23. The van der Waals surface area contributed by atoms with Crippen molar-refractivity contribution in [2.24, 2.45) is 0 Å². The van der Waals surface area contributed by atoms with Crippen molar-refractivity contribution in [1.82, 2.24) is 0 Å². The summed E-state index contributed by atoms with van der Waals surface area (Å²) in [5, 5.41) is 1.28. The number of carbonyl (C=O) groups is 1. The lowest BCUT2D eigenvalue weighted by molar-refractivity contribution is -0.111. The second kappa shape index (κ2) is 11.1. The van der Waals surface area contributed by atoms with Crippen LogP contribution in [0.4, 0.5) is 0 Å². The van der Waals surface area contributed by atoms with Crippen LogP contribution in [0.1, 0.15) is 58.8 Å². The van der Waals surface area contributed by atoms with Gasteiger partial charge in [0.2, 0.25) is 0 Å². The summed E-state index contributed by atoms with van der Waals surface area (Å²) in [7, 11) is 0.199. The Kier molecular flexibility index (Phi) is 11.2. The quantitative estimate of drug-likeness (QED) is 0.405. The largest absolute Gasteiger partial charge is 0.419 e. The van der Waals surface area contributed by atoms with Gasteiger partial charge < -0.3 is 4.43 Å². The number of unbranched alkanes of at least 4 members (excludes halogenated alkanes) is 4.